The van der Waals surface area contributed by atoms with Crippen LogP contribution in [0.25, 0.3) is 0 Å². The molecule has 1 saturated carbocycles. The van der Waals surface area contributed by atoms with Crippen molar-refractivity contribution in [3.8, 4) is 0 Å². The summed E-state index contributed by atoms with van der Waals surface area (Å²) in [5.74, 6) is -0.496. The van der Waals surface area contributed by atoms with Gasteiger partial charge in [-0.2, -0.15) is 0 Å². The number of nitrogens with zero attached hydrogens (tertiary/aromatic N) is 2. The summed E-state index contributed by atoms with van der Waals surface area (Å²) in [4.78, 5) is 43.3. The van der Waals surface area contributed by atoms with Crippen LogP contribution in [0.5, 0.6) is 0 Å². The maximum atomic E-state index is 13.4. The lowest BCUT2D eigenvalue weighted by molar-refractivity contribution is -0.152. The minimum absolute atomic E-state index is 0.0643. The summed E-state index contributed by atoms with van der Waals surface area (Å²) >= 11 is 0. The molecular formula is C23H26N2O3. The van der Waals surface area contributed by atoms with Crippen LogP contribution in [0.3, 0.4) is 0 Å². The summed E-state index contributed by atoms with van der Waals surface area (Å²) in [6.07, 6.45) is 8.61. The van der Waals surface area contributed by atoms with Crippen molar-refractivity contribution >= 4 is 17.7 Å². The molecule has 5 atom stereocenters. The van der Waals surface area contributed by atoms with E-state index >= 15 is 0 Å². The number of fused-ring (bicyclic) bond motifs is 5. The summed E-state index contributed by atoms with van der Waals surface area (Å²) in [7, 11) is 0. The highest BCUT2D eigenvalue weighted by atomic mass is 16.2. The first-order chi connectivity index (χ1) is 13.6. The number of imide groups is 1. The molecule has 5 rings (SSSR count). The van der Waals surface area contributed by atoms with Gasteiger partial charge in [-0.15, -0.1) is 0 Å². The predicted molar refractivity (Wildman–Crippen MR) is 104 cm³/mol. The molecule has 1 aromatic rings. The highest BCUT2D eigenvalue weighted by Gasteiger charge is 2.61. The van der Waals surface area contributed by atoms with Crippen molar-refractivity contribution in [2.75, 3.05) is 13.1 Å². The van der Waals surface area contributed by atoms with Gasteiger partial charge >= 0.3 is 0 Å². The second-order valence-electron chi connectivity index (χ2n) is 8.64. The van der Waals surface area contributed by atoms with Crippen molar-refractivity contribution in [3.05, 3.63) is 48.0 Å². The predicted octanol–water partition coefficient (Wildman–Crippen LogP) is 2.42. The average Bonchev–Trinajstić information content (AvgIpc) is 3.41. The van der Waals surface area contributed by atoms with E-state index in [9.17, 15) is 14.4 Å². The van der Waals surface area contributed by atoms with Gasteiger partial charge in [0.1, 0.15) is 6.04 Å². The number of hydrogen-bond donors (Lipinski definition) is 0. The van der Waals surface area contributed by atoms with Crippen molar-refractivity contribution in [1.29, 1.82) is 0 Å². The van der Waals surface area contributed by atoms with E-state index in [1.54, 1.807) is 0 Å². The second kappa shape index (κ2) is 6.87. The average molecular weight is 378 g/mol. The molecule has 146 valence electrons. The molecule has 0 N–H and O–H groups in total. The number of benzene rings is 1. The lowest BCUT2D eigenvalue weighted by Gasteiger charge is -2.34. The van der Waals surface area contributed by atoms with E-state index in [4.69, 9.17) is 0 Å². The quantitative estimate of drug-likeness (QED) is 0.597. The SMILES string of the molecule is O=C([C@H](Cc1ccccc1)N1C(=O)[C@@H]2[C@@H](C1=O)[C@H]1C=C[C@H]2C1)N1CCCCC1. The first kappa shape index (κ1) is 17.7. The molecule has 1 aromatic carbocycles. The molecule has 0 radical (unpaired) electrons. The van der Waals surface area contributed by atoms with E-state index in [0.29, 0.717) is 6.42 Å². The number of piperidine rings is 1. The fraction of sp³-hybridized carbons (Fsp3) is 0.522. The highest BCUT2D eigenvalue weighted by molar-refractivity contribution is 6.09. The molecule has 4 aliphatic rings. The summed E-state index contributed by atoms with van der Waals surface area (Å²) < 4.78 is 0. The fourth-order valence-corrected chi connectivity index (χ4v) is 5.68. The van der Waals surface area contributed by atoms with Crippen LogP contribution in [0.1, 0.15) is 31.2 Å². The summed E-state index contributed by atoms with van der Waals surface area (Å²) in [5.41, 5.74) is 0.983. The lowest BCUT2D eigenvalue weighted by Crippen LogP contribution is -2.53. The van der Waals surface area contributed by atoms with Gasteiger partial charge in [-0.25, -0.2) is 0 Å². The van der Waals surface area contributed by atoms with E-state index in [0.717, 1.165) is 44.3 Å². The number of hydrogen-bond acceptors (Lipinski definition) is 3. The first-order valence-corrected chi connectivity index (χ1v) is 10.5. The molecule has 0 aromatic heterocycles. The number of rotatable bonds is 4. The van der Waals surface area contributed by atoms with Crippen molar-refractivity contribution in [2.24, 2.45) is 23.7 Å². The Balaban J connectivity index is 1.46. The highest BCUT2D eigenvalue weighted by Crippen LogP contribution is 2.53. The summed E-state index contributed by atoms with van der Waals surface area (Å²) in [5, 5.41) is 0. The molecule has 0 unspecified atom stereocenters. The van der Waals surface area contributed by atoms with Gasteiger partial charge < -0.3 is 4.90 Å². The number of allylic oxidation sites excluding steroid dienone is 2. The topological polar surface area (TPSA) is 57.7 Å². The Kier molecular flexibility index (Phi) is 4.33. The maximum absolute atomic E-state index is 13.4. The Morgan fingerprint density at radius 1 is 0.929 bits per heavy atom. The lowest BCUT2D eigenvalue weighted by atomic mass is 9.85. The van der Waals surface area contributed by atoms with Crippen LogP contribution in [0.4, 0.5) is 0 Å². The standard InChI is InChI=1S/C23H26N2O3/c26-21(24-11-5-2-6-12-24)18(13-15-7-3-1-4-8-15)25-22(27)19-16-9-10-17(14-16)20(19)23(25)28/h1,3-4,7-10,16-20H,2,5-6,11-14H2/t16-,17-,18-,19-,20-/m0/s1. The van der Waals surface area contributed by atoms with Crippen molar-refractivity contribution in [1.82, 2.24) is 9.80 Å². The van der Waals surface area contributed by atoms with E-state index in [-0.39, 0.29) is 41.4 Å². The normalized spacial score (nSPS) is 32.1. The van der Waals surface area contributed by atoms with Crippen molar-refractivity contribution in [3.63, 3.8) is 0 Å². The van der Waals surface area contributed by atoms with Crippen LogP contribution < -0.4 is 0 Å². The third-order valence-corrected chi connectivity index (χ3v) is 7.04. The van der Waals surface area contributed by atoms with E-state index in [1.807, 2.05) is 35.2 Å². The first-order valence-electron chi connectivity index (χ1n) is 10.5. The van der Waals surface area contributed by atoms with Crippen molar-refractivity contribution in [2.45, 2.75) is 38.1 Å². The Bertz CT molecular complexity index is 798. The smallest absolute Gasteiger partial charge is 0.246 e. The van der Waals surface area contributed by atoms with Gasteiger partial charge in [0.2, 0.25) is 17.7 Å². The van der Waals surface area contributed by atoms with Gasteiger partial charge in [0.25, 0.3) is 0 Å². The van der Waals surface area contributed by atoms with Crippen LogP contribution in [0, 0.1) is 23.7 Å². The molecule has 2 saturated heterocycles. The minimum Gasteiger partial charge on any atom is -0.341 e. The largest absolute Gasteiger partial charge is 0.341 e. The minimum atomic E-state index is -0.717. The number of amides is 3. The number of likely N-dealkylation sites (tertiary alicyclic amines) is 2. The van der Waals surface area contributed by atoms with Gasteiger partial charge in [-0.1, -0.05) is 42.5 Å². The van der Waals surface area contributed by atoms with E-state index in [2.05, 4.69) is 12.2 Å². The molecule has 3 amide bonds. The molecule has 2 aliphatic heterocycles. The molecule has 3 fully saturated rings. The number of carbonyl (C=O) groups is 3. The Labute approximate surface area is 165 Å². The third-order valence-electron chi connectivity index (χ3n) is 7.04. The van der Waals surface area contributed by atoms with Gasteiger partial charge in [0, 0.05) is 19.5 Å². The van der Waals surface area contributed by atoms with Gasteiger partial charge in [0.15, 0.2) is 0 Å². The van der Waals surface area contributed by atoms with Crippen LogP contribution in [-0.4, -0.2) is 46.7 Å². The Morgan fingerprint density at radius 3 is 2.14 bits per heavy atom. The molecular weight excluding hydrogens is 352 g/mol. The van der Waals surface area contributed by atoms with E-state index < -0.39 is 6.04 Å². The summed E-state index contributed by atoms with van der Waals surface area (Å²) in [6, 6.07) is 9.02. The molecule has 2 aliphatic carbocycles. The van der Waals surface area contributed by atoms with Gasteiger partial charge in [-0.05, 0) is 43.1 Å². The molecule has 5 heteroatoms. The zero-order valence-corrected chi connectivity index (χ0v) is 16.0. The molecule has 5 nitrogen and oxygen atoms in total. The number of carbonyl (C=O) groups excluding carboxylic acids is 3. The van der Waals surface area contributed by atoms with Crippen LogP contribution in [0.15, 0.2) is 42.5 Å². The van der Waals surface area contributed by atoms with Crippen LogP contribution in [0.2, 0.25) is 0 Å². The fourth-order valence-electron chi connectivity index (χ4n) is 5.68. The molecule has 2 bridgehead atoms. The van der Waals surface area contributed by atoms with Crippen LogP contribution >= 0.6 is 0 Å². The molecule has 0 spiro atoms. The Morgan fingerprint density at radius 2 is 1.54 bits per heavy atom. The molecule has 28 heavy (non-hydrogen) atoms. The third kappa shape index (κ3) is 2.71. The van der Waals surface area contributed by atoms with Crippen LogP contribution in [-0.2, 0) is 20.8 Å². The zero-order valence-electron chi connectivity index (χ0n) is 16.0. The Hall–Kier alpha value is -2.43. The van der Waals surface area contributed by atoms with E-state index in [1.165, 1.54) is 4.90 Å². The zero-order chi connectivity index (χ0) is 19.3. The summed E-state index contributed by atoms with van der Waals surface area (Å²) in [6.45, 7) is 1.44. The van der Waals surface area contributed by atoms with Gasteiger partial charge in [0.05, 0.1) is 11.8 Å². The maximum Gasteiger partial charge on any atom is 0.246 e. The monoisotopic (exact) mass is 378 g/mol. The molecule has 2 heterocycles. The second-order valence-corrected chi connectivity index (χ2v) is 8.64. The van der Waals surface area contributed by atoms with Gasteiger partial charge in [-0.3, -0.25) is 19.3 Å². The van der Waals surface area contributed by atoms with Crippen molar-refractivity contribution < 1.29 is 14.4 Å².